The fraction of sp³-hybridized carbons (Fsp3) is 0.625. The molecule has 4 aliphatic rings. The Hall–Kier alpha value is -2.45. The second-order valence-electron chi connectivity index (χ2n) is 9.49. The van der Waals surface area contributed by atoms with Gasteiger partial charge in [0.2, 0.25) is 11.8 Å². The summed E-state index contributed by atoms with van der Waals surface area (Å²) in [5.41, 5.74) is 1.47. The molecule has 0 bridgehead atoms. The number of nitrogens with one attached hydrogen (secondary N) is 1. The predicted octanol–water partition coefficient (Wildman–Crippen LogP) is 1.59. The van der Waals surface area contributed by atoms with Crippen LogP contribution in [0.1, 0.15) is 67.3 Å². The van der Waals surface area contributed by atoms with Crippen LogP contribution in [0, 0.1) is 0 Å². The Morgan fingerprint density at radius 3 is 2.56 bits per heavy atom. The average Bonchev–Trinajstić information content (AvgIpc) is 3.10. The normalized spacial score (nSPS) is 29.7. The number of ether oxygens (including phenoxy) is 1. The number of amides is 3. The number of piperidine rings is 2. The summed E-state index contributed by atoms with van der Waals surface area (Å²) in [6.45, 7) is 2.17. The van der Waals surface area contributed by atoms with Gasteiger partial charge in [-0.25, -0.2) is 0 Å². The zero-order chi connectivity index (χ0) is 22.2. The lowest BCUT2D eigenvalue weighted by atomic mass is 9.89. The molecule has 3 atom stereocenters. The number of likely N-dealkylation sites (tertiary alicyclic amines) is 1. The highest BCUT2D eigenvalue weighted by atomic mass is 16.5. The number of benzene rings is 1. The first kappa shape index (κ1) is 21.4. The van der Waals surface area contributed by atoms with Crippen molar-refractivity contribution in [2.45, 2.75) is 82.2 Å². The van der Waals surface area contributed by atoms with Gasteiger partial charge in [-0.2, -0.15) is 0 Å². The van der Waals surface area contributed by atoms with Gasteiger partial charge < -0.3 is 14.7 Å². The number of aliphatic hydroxyl groups excluding tert-OH is 1. The molecule has 32 heavy (non-hydrogen) atoms. The molecule has 0 aromatic heterocycles. The zero-order valence-corrected chi connectivity index (χ0v) is 18.3. The highest BCUT2D eigenvalue weighted by molar-refractivity contribution is 6.05. The molecule has 3 aliphatic heterocycles. The maximum Gasteiger partial charge on any atom is 0.255 e. The van der Waals surface area contributed by atoms with Crippen LogP contribution in [0.5, 0.6) is 5.75 Å². The van der Waals surface area contributed by atoms with E-state index in [1.54, 1.807) is 11.0 Å². The molecule has 1 saturated carbocycles. The molecule has 172 valence electrons. The van der Waals surface area contributed by atoms with Crippen LogP contribution in [0.25, 0.3) is 0 Å². The fourth-order valence-electron chi connectivity index (χ4n) is 5.65. The van der Waals surface area contributed by atoms with Crippen molar-refractivity contribution >= 4 is 17.7 Å². The number of nitrogens with zero attached hydrogens (tertiary/aromatic N) is 2. The lowest BCUT2D eigenvalue weighted by Crippen LogP contribution is -2.52. The molecular weight excluding hydrogens is 410 g/mol. The number of carbonyl (C=O) groups is 3. The largest absolute Gasteiger partial charge is 0.489 e. The summed E-state index contributed by atoms with van der Waals surface area (Å²) in [4.78, 5) is 40.7. The van der Waals surface area contributed by atoms with Crippen molar-refractivity contribution in [3.05, 3.63) is 29.3 Å². The molecule has 1 aromatic rings. The van der Waals surface area contributed by atoms with Crippen molar-refractivity contribution in [3.63, 3.8) is 0 Å². The molecule has 2 N–H and O–H groups in total. The van der Waals surface area contributed by atoms with Gasteiger partial charge in [0.05, 0.1) is 6.10 Å². The van der Waals surface area contributed by atoms with Gasteiger partial charge in [0.15, 0.2) is 0 Å². The summed E-state index contributed by atoms with van der Waals surface area (Å²) in [5, 5.41) is 12.2. The van der Waals surface area contributed by atoms with E-state index in [1.807, 2.05) is 12.1 Å². The van der Waals surface area contributed by atoms with Crippen LogP contribution in [0.4, 0.5) is 0 Å². The van der Waals surface area contributed by atoms with E-state index < -0.39 is 11.9 Å². The summed E-state index contributed by atoms with van der Waals surface area (Å²) in [6.07, 6.45) is 6.61. The number of hydrogen-bond donors (Lipinski definition) is 2. The molecule has 3 heterocycles. The fourth-order valence-corrected chi connectivity index (χ4v) is 5.65. The Morgan fingerprint density at radius 1 is 1.00 bits per heavy atom. The number of aliphatic hydroxyl groups is 1. The quantitative estimate of drug-likeness (QED) is 0.689. The minimum absolute atomic E-state index is 0.0976. The van der Waals surface area contributed by atoms with E-state index in [0.717, 1.165) is 56.5 Å². The Kier molecular flexibility index (Phi) is 5.90. The Bertz CT molecular complexity index is 911. The number of hydrogen-bond acceptors (Lipinski definition) is 6. The highest BCUT2D eigenvalue weighted by Crippen LogP contribution is 2.33. The number of fused-ring (bicyclic) bond motifs is 1. The first-order chi connectivity index (χ1) is 15.5. The Labute approximate surface area is 187 Å². The number of rotatable bonds is 4. The van der Waals surface area contributed by atoms with Gasteiger partial charge >= 0.3 is 0 Å². The minimum Gasteiger partial charge on any atom is -0.489 e. The van der Waals surface area contributed by atoms with Crippen LogP contribution in [0.3, 0.4) is 0 Å². The highest BCUT2D eigenvalue weighted by Gasteiger charge is 2.39. The van der Waals surface area contributed by atoms with Crippen molar-refractivity contribution in [1.29, 1.82) is 0 Å². The van der Waals surface area contributed by atoms with E-state index in [-0.39, 0.29) is 30.4 Å². The molecule has 3 fully saturated rings. The first-order valence-electron chi connectivity index (χ1n) is 11.9. The van der Waals surface area contributed by atoms with Crippen LogP contribution >= 0.6 is 0 Å². The van der Waals surface area contributed by atoms with Gasteiger partial charge in [-0.05, 0) is 62.3 Å². The molecule has 1 aliphatic carbocycles. The van der Waals surface area contributed by atoms with Crippen LogP contribution in [-0.4, -0.2) is 70.0 Å². The maximum atomic E-state index is 12.9. The van der Waals surface area contributed by atoms with Crippen molar-refractivity contribution in [2.75, 3.05) is 13.1 Å². The molecule has 8 heteroatoms. The van der Waals surface area contributed by atoms with Crippen LogP contribution in [0.15, 0.2) is 18.2 Å². The van der Waals surface area contributed by atoms with Crippen molar-refractivity contribution in [3.8, 4) is 5.75 Å². The lowest BCUT2D eigenvalue weighted by Gasteiger charge is -2.42. The molecule has 0 spiro atoms. The first-order valence-corrected chi connectivity index (χ1v) is 11.9. The van der Waals surface area contributed by atoms with Gasteiger partial charge in [0.25, 0.3) is 5.91 Å². The standard InChI is InChI=1S/C24H31N3O5/c28-16-9-11-26(12-10-16)19-3-1-2-4-21(19)32-17-5-6-18-15(13-17)14-27(24(18)31)20-7-8-22(29)25-23(20)30/h5-6,13,16,19-21,28H,1-4,7-12,14H2,(H,25,29,30)/t19-,20?,21+/m1/s1. The molecule has 1 unspecified atom stereocenters. The summed E-state index contributed by atoms with van der Waals surface area (Å²) < 4.78 is 6.47. The molecule has 8 nitrogen and oxygen atoms in total. The van der Waals surface area contributed by atoms with Gasteiger partial charge in [-0.15, -0.1) is 0 Å². The van der Waals surface area contributed by atoms with Crippen molar-refractivity contribution in [2.24, 2.45) is 0 Å². The number of imide groups is 1. The molecular formula is C24H31N3O5. The van der Waals surface area contributed by atoms with E-state index in [9.17, 15) is 19.5 Å². The average molecular weight is 442 g/mol. The second-order valence-corrected chi connectivity index (χ2v) is 9.49. The predicted molar refractivity (Wildman–Crippen MR) is 116 cm³/mol. The van der Waals surface area contributed by atoms with Crippen molar-refractivity contribution < 1.29 is 24.2 Å². The maximum absolute atomic E-state index is 12.9. The molecule has 3 amide bonds. The minimum atomic E-state index is -0.603. The third-order valence-corrected chi connectivity index (χ3v) is 7.42. The van der Waals surface area contributed by atoms with Gasteiger partial charge in [-0.1, -0.05) is 6.42 Å². The van der Waals surface area contributed by atoms with Crippen LogP contribution in [0.2, 0.25) is 0 Å². The molecule has 0 radical (unpaired) electrons. The van der Waals surface area contributed by atoms with Crippen LogP contribution < -0.4 is 10.1 Å². The summed E-state index contributed by atoms with van der Waals surface area (Å²) in [6, 6.07) is 5.34. The third-order valence-electron chi connectivity index (χ3n) is 7.42. The molecule has 2 saturated heterocycles. The van der Waals surface area contributed by atoms with Crippen LogP contribution in [-0.2, 0) is 16.1 Å². The van der Waals surface area contributed by atoms with Gasteiger partial charge in [0, 0.05) is 37.7 Å². The zero-order valence-electron chi connectivity index (χ0n) is 18.3. The van der Waals surface area contributed by atoms with Gasteiger partial charge in [-0.3, -0.25) is 24.6 Å². The monoisotopic (exact) mass is 441 g/mol. The molecule has 1 aromatic carbocycles. The van der Waals surface area contributed by atoms with E-state index in [1.165, 1.54) is 6.42 Å². The lowest BCUT2D eigenvalue weighted by molar-refractivity contribution is -0.136. The van der Waals surface area contributed by atoms with E-state index >= 15 is 0 Å². The third kappa shape index (κ3) is 4.13. The van der Waals surface area contributed by atoms with Gasteiger partial charge in [0.1, 0.15) is 17.9 Å². The van der Waals surface area contributed by atoms with Crippen molar-refractivity contribution in [1.82, 2.24) is 15.1 Å². The van der Waals surface area contributed by atoms with E-state index in [4.69, 9.17) is 4.74 Å². The summed E-state index contributed by atoms with van der Waals surface area (Å²) in [5.74, 6) is -0.0778. The molecule has 5 rings (SSSR count). The van der Waals surface area contributed by atoms with E-state index in [2.05, 4.69) is 10.2 Å². The Morgan fingerprint density at radius 2 is 1.78 bits per heavy atom. The summed E-state index contributed by atoms with van der Waals surface area (Å²) in [7, 11) is 0. The SMILES string of the molecule is O=C1CCC(N2Cc3cc(O[C@H]4CCCC[C@H]4N4CCC(O)CC4)ccc3C2=O)C(=O)N1. The topological polar surface area (TPSA) is 99.2 Å². The smallest absolute Gasteiger partial charge is 0.255 e. The number of carbonyl (C=O) groups excluding carboxylic acids is 3. The Balaban J connectivity index is 1.28. The summed E-state index contributed by atoms with van der Waals surface area (Å²) >= 11 is 0. The second kappa shape index (κ2) is 8.83. The van der Waals surface area contributed by atoms with E-state index in [0.29, 0.717) is 24.6 Å².